The standard InChI is InChI=1S/C30H47N3O6S/c1-5-20-24-17-19(34)9-12-30(24,4)23-10-13-29(3)21(7-8-22(29)25(23)26(20)35)18(2)11-16-39-28(36)33-40(37,38)27-31-14-6-15-32-27/h6,14-15,18-26,34-35H,5,7-13,16-17H2,1-4H3,(H,33,36)/t18-,19-,20-,21-,22+,23+,24?,25?,26-,29?,30+/m1/s1. The molecule has 1 aromatic rings. The number of hydrogen-bond acceptors (Lipinski definition) is 8. The lowest BCUT2D eigenvalue weighted by atomic mass is 9.41. The summed E-state index contributed by atoms with van der Waals surface area (Å²) in [5.74, 6) is 2.64. The molecular formula is C30H47N3O6S. The Labute approximate surface area is 239 Å². The second-order valence-corrected chi connectivity index (χ2v) is 15.2. The highest BCUT2D eigenvalue weighted by atomic mass is 32.2. The fourth-order valence-electron chi connectivity index (χ4n) is 10.1. The number of aliphatic hydroxyl groups is 2. The van der Waals surface area contributed by atoms with Crippen molar-refractivity contribution >= 4 is 16.1 Å². The first-order valence-electron chi connectivity index (χ1n) is 15.2. The van der Waals surface area contributed by atoms with Gasteiger partial charge in [0, 0.05) is 12.4 Å². The van der Waals surface area contributed by atoms with Crippen molar-refractivity contribution in [3.8, 4) is 0 Å². The van der Waals surface area contributed by atoms with Crippen LogP contribution in [-0.2, 0) is 14.8 Å². The Morgan fingerprint density at radius 2 is 1.75 bits per heavy atom. The minimum Gasteiger partial charge on any atom is -0.449 e. The summed E-state index contributed by atoms with van der Waals surface area (Å²) in [7, 11) is -4.18. The molecule has 4 aliphatic rings. The Morgan fingerprint density at radius 1 is 1.07 bits per heavy atom. The smallest absolute Gasteiger partial charge is 0.421 e. The summed E-state index contributed by atoms with van der Waals surface area (Å²) in [5, 5.41) is 21.9. The Balaban J connectivity index is 1.22. The third-order valence-electron chi connectivity index (χ3n) is 12.0. The van der Waals surface area contributed by atoms with Crippen molar-refractivity contribution in [2.45, 2.75) is 103 Å². The molecule has 5 rings (SSSR count). The third-order valence-corrected chi connectivity index (χ3v) is 13.1. The van der Waals surface area contributed by atoms with E-state index in [-0.39, 0.29) is 35.6 Å². The van der Waals surface area contributed by atoms with Crippen LogP contribution in [0.4, 0.5) is 4.79 Å². The monoisotopic (exact) mass is 577 g/mol. The van der Waals surface area contributed by atoms with E-state index in [1.165, 1.54) is 18.5 Å². The largest absolute Gasteiger partial charge is 0.449 e. The summed E-state index contributed by atoms with van der Waals surface area (Å²) >= 11 is 0. The second-order valence-electron chi connectivity index (χ2n) is 13.7. The molecule has 1 amide bonds. The Morgan fingerprint density at radius 3 is 2.45 bits per heavy atom. The molecule has 0 aromatic carbocycles. The average molecular weight is 578 g/mol. The van der Waals surface area contributed by atoms with E-state index in [1.807, 2.05) is 4.72 Å². The molecule has 4 aliphatic carbocycles. The number of amides is 1. The Kier molecular flexibility index (Phi) is 8.27. The maximum absolute atomic E-state index is 12.3. The lowest BCUT2D eigenvalue weighted by Gasteiger charge is -2.64. The van der Waals surface area contributed by atoms with Gasteiger partial charge in [-0.1, -0.05) is 34.1 Å². The topological polar surface area (TPSA) is 139 Å². The number of aliphatic hydroxyl groups excluding tert-OH is 2. The van der Waals surface area contributed by atoms with Crippen molar-refractivity contribution < 1.29 is 28.2 Å². The molecule has 224 valence electrons. The molecule has 4 fully saturated rings. The molecule has 10 heteroatoms. The number of aromatic nitrogens is 2. The highest BCUT2D eigenvalue weighted by Crippen LogP contribution is 2.69. The van der Waals surface area contributed by atoms with Crippen LogP contribution in [0, 0.1) is 52.3 Å². The highest BCUT2D eigenvalue weighted by Gasteiger charge is 2.64. The fourth-order valence-corrected chi connectivity index (χ4v) is 10.8. The van der Waals surface area contributed by atoms with E-state index in [2.05, 4.69) is 37.7 Å². The molecule has 0 spiro atoms. The molecule has 9 nitrogen and oxygen atoms in total. The van der Waals surface area contributed by atoms with Gasteiger partial charge in [0.25, 0.3) is 5.16 Å². The van der Waals surface area contributed by atoms with Gasteiger partial charge in [-0.3, -0.25) is 0 Å². The highest BCUT2D eigenvalue weighted by molar-refractivity contribution is 7.89. The van der Waals surface area contributed by atoms with Gasteiger partial charge in [0.05, 0.1) is 18.8 Å². The zero-order valence-electron chi connectivity index (χ0n) is 24.3. The number of nitrogens with one attached hydrogen (secondary N) is 1. The number of nitrogens with zero attached hydrogens (tertiary/aromatic N) is 2. The van der Waals surface area contributed by atoms with Gasteiger partial charge in [-0.25, -0.2) is 19.5 Å². The van der Waals surface area contributed by atoms with Crippen molar-refractivity contribution in [1.82, 2.24) is 14.7 Å². The van der Waals surface area contributed by atoms with Crippen LogP contribution in [0.25, 0.3) is 0 Å². The molecule has 3 N–H and O–H groups in total. The minimum atomic E-state index is -4.18. The molecule has 1 aromatic heterocycles. The first-order valence-corrected chi connectivity index (χ1v) is 16.7. The van der Waals surface area contributed by atoms with Crippen LogP contribution in [0.5, 0.6) is 0 Å². The predicted octanol–water partition coefficient (Wildman–Crippen LogP) is 4.54. The van der Waals surface area contributed by atoms with E-state index in [0.29, 0.717) is 41.9 Å². The molecular weight excluding hydrogens is 530 g/mol. The summed E-state index contributed by atoms with van der Waals surface area (Å²) in [4.78, 5) is 19.6. The summed E-state index contributed by atoms with van der Waals surface area (Å²) in [6.45, 7) is 9.43. The lowest BCUT2D eigenvalue weighted by molar-refractivity contribution is -0.203. The number of rotatable bonds is 7. The van der Waals surface area contributed by atoms with Crippen molar-refractivity contribution in [3.05, 3.63) is 18.5 Å². The van der Waals surface area contributed by atoms with Crippen molar-refractivity contribution in [3.63, 3.8) is 0 Å². The molecule has 11 atom stereocenters. The molecule has 40 heavy (non-hydrogen) atoms. The Hall–Kier alpha value is -1.78. The van der Waals surface area contributed by atoms with Gasteiger partial charge in [0.1, 0.15) is 0 Å². The van der Waals surface area contributed by atoms with Crippen LogP contribution in [0.3, 0.4) is 0 Å². The van der Waals surface area contributed by atoms with Crippen LogP contribution < -0.4 is 4.72 Å². The molecule has 0 bridgehead atoms. The van der Waals surface area contributed by atoms with Crippen LogP contribution in [-0.4, -0.2) is 53.5 Å². The van der Waals surface area contributed by atoms with Gasteiger partial charge in [0.15, 0.2) is 0 Å². The summed E-state index contributed by atoms with van der Waals surface area (Å²) in [6.07, 6.45) is 9.83. The number of hydrogen-bond donors (Lipinski definition) is 3. The molecule has 0 aliphatic heterocycles. The quantitative estimate of drug-likeness (QED) is 0.402. The third kappa shape index (κ3) is 5.06. The molecule has 4 saturated carbocycles. The van der Waals surface area contributed by atoms with Crippen molar-refractivity contribution in [1.29, 1.82) is 0 Å². The number of carbonyl (C=O) groups is 1. The van der Waals surface area contributed by atoms with Gasteiger partial charge in [-0.2, -0.15) is 8.42 Å². The van der Waals surface area contributed by atoms with Crippen LogP contribution in [0.2, 0.25) is 0 Å². The van der Waals surface area contributed by atoms with E-state index >= 15 is 0 Å². The molecule has 1 heterocycles. The van der Waals surface area contributed by atoms with Gasteiger partial charge in [-0.15, -0.1) is 0 Å². The zero-order chi connectivity index (χ0) is 28.9. The van der Waals surface area contributed by atoms with E-state index in [4.69, 9.17) is 4.74 Å². The van der Waals surface area contributed by atoms with E-state index in [0.717, 1.165) is 51.4 Å². The van der Waals surface area contributed by atoms with Crippen LogP contribution in [0.15, 0.2) is 23.6 Å². The van der Waals surface area contributed by atoms with Crippen molar-refractivity contribution in [2.24, 2.45) is 52.3 Å². The number of sulfonamides is 1. The minimum absolute atomic E-state index is 0.119. The van der Waals surface area contributed by atoms with E-state index in [1.54, 1.807) is 0 Å². The van der Waals surface area contributed by atoms with Gasteiger partial charge in [-0.05, 0) is 110 Å². The maximum atomic E-state index is 12.3. The summed E-state index contributed by atoms with van der Waals surface area (Å²) in [5.41, 5.74) is 0.300. The van der Waals surface area contributed by atoms with Gasteiger partial charge >= 0.3 is 16.1 Å². The molecule has 3 unspecified atom stereocenters. The second kappa shape index (κ2) is 11.1. The van der Waals surface area contributed by atoms with E-state index in [9.17, 15) is 23.4 Å². The Bertz CT molecular complexity index is 1170. The normalized spacial score (nSPS) is 41.8. The number of ether oxygens (including phenoxy) is 1. The number of fused-ring (bicyclic) bond motifs is 5. The van der Waals surface area contributed by atoms with Crippen molar-refractivity contribution in [2.75, 3.05) is 6.61 Å². The zero-order valence-corrected chi connectivity index (χ0v) is 25.1. The first-order chi connectivity index (χ1) is 18.9. The fraction of sp³-hybridized carbons (Fsp3) is 0.833. The van der Waals surface area contributed by atoms with Gasteiger partial charge in [0.2, 0.25) is 0 Å². The van der Waals surface area contributed by atoms with Crippen LogP contribution in [0.1, 0.15) is 85.5 Å². The molecule has 0 saturated heterocycles. The van der Waals surface area contributed by atoms with Gasteiger partial charge < -0.3 is 14.9 Å². The lowest BCUT2D eigenvalue weighted by Crippen LogP contribution is -2.62. The summed E-state index contributed by atoms with van der Waals surface area (Å²) < 4.78 is 31.7. The SMILES string of the molecule is CC[C@@H]1C2C[C@H](O)CC[C@@]2(C)[C@H]2CCC3(C)[C@@H]([C@H](C)CCOC(=O)NS(=O)(=O)c4ncccn4)CC[C@H]3C2[C@@H]1O. The summed E-state index contributed by atoms with van der Waals surface area (Å²) in [6, 6.07) is 1.49. The maximum Gasteiger partial charge on any atom is 0.421 e. The first kappa shape index (κ1) is 29.7. The average Bonchev–Trinajstić information content (AvgIpc) is 3.27. The molecule has 0 radical (unpaired) electrons. The van der Waals surface area contributed by atoms with E-state index < -0.39 is 21.3 Å². The van der Waals surface area contributed by atoms with Crippen LogP contribution >= 0.6 is 0 Å². The predicted molar refractivity (Wildman–Crippen MR) is 149 cm³/mol. The number of carbonyl (C=O) groups excluding carboxylic acids is 1.